The van der Waals surface area contributed by atoms with E-state index in [1.54, 1.807) is 20.0 Å². The molecule has 0 bridgehead atoms. The molecule has 0 aliphatic carbocycles. The van der Waals surface area contributed by atoms with E-state index in [1.807, 2.05) is 0 Å². The van der Waals surface area contributed by atoms with Crippen LogP contribution in [0.3, 0.4) is 0 Å². The minimum absolute atomic E-state index is 0.0486. The van der Waals surface area contributed by atoms with Crippen molar-refractivity contribution in [3.8, 4) is 0 Å². The van der Waals surface area contributed by atoms with Gasteiger partial charge in [-0.1, -0.05) is 0 Å². The molecule has 0 aromatic heterocycles. The van der Waals surface area contributed by atoms with Crippen molar-refractivity contribution in [2.75, 3.05) is 33.3 Å². The van der Waals surface area contributed by atoms with Gasteiger partial charge in [0.2, 0.25) is 0 Å². The van der Waals surface area contributed by atoms with Crippen LogP contribution in [0.15, 0.2) is 18.2 Å². The number of non-ortho nitro benzene ring substituents is 1. The molecule has 1 fully saturated rings. The van der Waals surface area contributed by atoms with Crippen LogP contribution >= 0.6 is 0 Å². The van der Waals surface area contributed by atoms with E-state index in [0.717, 1.165) is 6.54 Å². The molecule has 1 aromatic rings. The lowest BCUT2D eigenvalue weighted by Gasteiger charge is -2.28. The number of carbonyl (C=O) groups is 1. The first-order valence-electron chi connectivity index (χ1n) is 6.81. The predicted octanol–water partition coefficient (Wildman–Crippen LogP) is 0.964. The molecule has 2 rings (SSSR count). The van der Waals surface area contributed by atoms with Crippen molar-refractivity contribution in [1.82, 2.24) is 10.2 Å². The normalized spacial score (nSPS) is 18.3. The first kappa shape index (κ1) is 15.4. The van der Waals surface area contributed by atoms with Gasteiger partial charge in [0.05, 0.1) is 17.6 Å². The fraction of sp³-hybridized carbons (Fsp3) is 0.500. The summed E-state index contributed by atoms with van der Waals surface area (Å²) in [6.45, 7) is 4.33. The van der Waals surface area contributed by atoms with Crippen molar-refractivity contribution in [2.45, 2.75) is 13.0 Å². The van der Waals surface area contributed by atoms with Crippen molar-refractivity contribution >= 4 is 11.6 Å². The molecule has 7 heteroatoms. The average molecular weight is 293 g/mol. The molecule has 0 spiro atoms. The van der Waals surface area contributed by atoms with Gasteiger partial charge >= 0.3 is 0 Å². The number of carbonyl (C=O) groups excluding carboxylic acids is 1. The third-order valence-electron chi connectivity index (χ3n) is 3.35. The molecule has 1 saturated heterocycles. The Morgan fingerprint density at radius 3 is 2.90 bits per heavy atom. The highest BCUT2D eigenvalue weighted by Crippen LogP contribution is 2.18. The third-order valence-corrected chi connectivity index (χ3v) is 3.35. The average Bonchev–Trinajstić information content (AvgIpc) is 2.46. The summed E-state index contributed by atoms with van der Waals surface area (Å²) in [5, 5.41) is 14.1. The van der Waals surface area contributed by atoms with Gasteiger partial charge in [0, 0.05) is 44.4 Å². The van der Waals surface area contributed by atoms with E-state index in [0.29, 0.717) is 30.8 Å². The van der Waals surface area contributed by atoms with Crippen LogP contribution in [0.5, 0.6) is 0 Å². The molecule has 1 atom stereocenters. The van der Waals surface area contributed by atoms with E-state index in [2.05, 4.69) is 5.32 Å². The Hall–Kier alpha value is -1.99. The molecular weight excluding hydrogens is 274 g/mol. The van der Waals surface area contributed by atoms with Crippen LogP contribution in [-0.4, -0.2) is 55.1 Å². The lowest BCUT2D eigenvalue weighted by atomic mass is 10.1. The zero-order chi connectivity index (χ0) is 15.4. The summed E-state index contributed by atoms with van der Waals surface area (Å²) in [7, 11) is 1.68. The molecule has 1 aliphatic rings. The van der Waals surface area contributed by atoms with Gasteiger partial charge in [0.25, 0.3) is 11.6 Å². The van der Waals surface area contributed by atoms with Crippen LogP contribution in [0.25, 0.3) is 0 Å². The maximum atomic E-state index is 12.4. The van der Waals surface area contributed by atoms with Gasteiger partial charge in [-0.2, -0.15) is 0 Å². The van der Waals surface area contributed by atoms with E-state index in [9.17, 15) is 14.9 Å². The Labute approximate surface area is 123 Å². The van der Waals surface area contributed by atoms with Crippen LogP contribution in [0.2, 0.25) is 0 Å². The fourth-order valence-electron chi connectivity index (χ4n) is 2.34. The number of benzene rings is 1. The standard InChI is InChI=1S/C14H19N3O4/c1-10-5-11(7-12(6-10)17(19)20)14(18)16(2)9-13-8-15-3-4-21-13/h5-7,13,15H,3-4,8-9H2,1-2H3. The van der Waals surface area contributed by atoms with E-state index in [1.165, 1.54) is 17.0 Å². The fourth-order valence-corrected chi connectivity index (χ4v) is 2.34. The van der Waals surface area contributed by atoms with Gasteiger partial charge in [-0.3, -0.25) is 14.9 Å². The summed E-state index contributed by atoms with van der Waals surface area (Å²) in [5.41, 5.74) is 0.951. The molecule has 21 heavy (non-hydrogen) atoms. The molecule has 1 unspecified atom stereocenters. The Kier molecular flexibility index (Phi) is 4.87. The number of ether oxygens (including phenoxy) is 1. The molecule has 1 amide bonds. The minimum atomic E-state index is -0.488. The zero-order valence-corrected chi connectivity index (χ0v) is 12.2. The molecule has 1 N–H and O–H groups in total. The molecule has 0 saturated carbocycles. The maximum Gasteiger partial charge on any atom is 0.270 e. The van der Waals surface area contributed by atoms with E-state index < -0.39 is 4.92 Å². The topological polar surface area (TPSA) is 84.7 Å². The van der Waals surface area contributed by atoms with Crippen molar-refractivity contribution in [2.24, 2.45) is 0 Å². The van der Waals surface area contributed by atoms with Crippen molar-refractivity contribution in [3.63, 3.8) is 0 Å². The summed E-state index contributed by atoms with van der Waals surface area (Å²) >= 11 is 0. The first-order chi connectivity index (χ1) is 9.97. The predicted molar refractivity (Wildman–Crippen MR) is 77.4 cm³/mol. The molecule has 7 nitrogen and oxygen atoms in total. The number of aryl methyl sites for hydroxylation is 1. The van der Waals surface area contributed by atoms with Gasteiger partial charge < -0.3 is 15.0 Å². The minimum Gasteiger partial charge on any atom is -0.374 e. The quantitative estimate of drug-likeness (QED) is 0.660. The monoisotopic (exact) mass is 293 g/mol. The van der Waals surface area contributed by atoms with Crippen LogP contribution in [0.4, 0.5) is 5.69 Å². The summed E-state index contributed by atoms with van der Waals surface area (Å²) in [6.07, 6.45) is -0.0486. The maximum absolute atomic E-state index is 12.4. The van der Waals surface area contributed by atoms with Crippen LogP contribution in [-0.2, 0) is 4.74 Å². The van der Waals surface area contributed by atoms with Crippen LogP contribution < -0.4 is 5.32 Å². The number of likely N-dealkylation sites (N-methyl/N-ethyl adjacent to an activating group) is 1. The number of amides is 1. The summed E-state index contributed by atoms with van der Waals surface area (Å²) in [6, 6.07) is 4.42. The second-order valence-electron chi connectivity index (χ2n) is 5.20. The largest absolute Gasteiger partial charge is 0.374 e. The summed E-state index contributed by atoms with van der Waals surface area (Å²) < 4.78 is 5.56. The number of morpholine rings is 1. The van der Waals surface area contributed by atoms with Crippen LogP contribution in [0.1, 0.15) is 15.9 Å². The van der Waals surface area contributed by atoms with Crippen LogP contribution in [0, 0.1) is 17.0 Å². The van der Waals surface area contributed by atoms with Gasteiger partial charge in [-0.05, 0) is 18.6 Å². The number of nitrogens with zero attached hydrogens (tertiary/aromatic N) is 2. The molecule has 1 aliphatic heterocycles. The Morgan fingerprint density at radius 1 is 1.52 bits per heavy atom. The second-order valence-corrected chi connectivity index (χ2v) is 5.20. The van der Waals surface area contributed by atoms with Gasteiger partial charge in [0.15, 0.2) is 0 Å². The number of nitro groups is 1. The van der Waals surface area contributed by atoms with E-state index >= 15 is 0 Å². The highest BCUT2D eigenvalue weighted by molar-refractivity contribution is 5.95. The van der Waals surface area contributed by atoms with Gasteiger partial charge in [-0.15, -0.1) is 0 Å². The molecule has 1 heterocycles. The van der Waals surface area contributed by atoms with Crippen molar-refractivity contribution in [1.29, 1.82) is 0 Å². The van der Waals surface area contributed by atoms with Crippen molar-refractivity contribution in [3.05, 3.63) is 39.4 Å². The molecule has 1 aromatic carbocycles. The second kappa shape index (κ2) is 6.64. The highest BCUT2D eigenvalue weighted by Gasteiger charge is 2.21. The zero-order valence-electron chi connectivity index (χ0n) is 12.2. The number of hydrogen-bond acceptors (Lipinski definition) is 5. The highest BCUT2D eigenvalue weighted by atomic mass is 16.6. The van der Waals surface area contributed by atoms with Gasteiger partial charge in [0.1, 0.15) is 0 Å². The van der Waals surface area contributed by atoms with E-state index in [4.69, 9.17) is 4.74 Å². The Morgan fingerprint density at radius 2 is 2.29 bits per heavy atom. The molecule has 0 radical (unpaired) electrons. The Balaban J connectivity index is 2.09. The number of nitro benzene ring substituents is 1. The smallest absolute Gasteiger partial charge is 0.270 e. The number of rotatable bonds is 4. The summed E-state index contributed by atoms with van der Waals surface area (Å²) in [5.74, 6) is -0.240. The van der Waals surface area contributed by atoms with Gasteiger partial charge in [-0.25, -0.2) is 0 Å². The summed E-state index contributed by atoms with van der Waals surface area (Å²) in [4.78, 5) is 24.3. The SMILES string of the molecule is Cc1cc(C(=O)N(C)CC2CNCCO2)cc([N+](=O)[O-])c1. The van der Waals surface area contributed by atoms with Crippen molar-refractivity contribution < 1.29 is 14.5 Å². The number of hydrogen-bond donors (Lipinski definition) is 1. The molecule has 114 valence electrons. The Bertz CT molecular complexity index is 541. The first-order valence-corrected chi connectivity index (χ1v) is 6.81. The number of nitrogens with one attached hydrogen (secondary N) is 1. The lowest BCUT2D eigenvalue weighted by molar-refractivity contribution is -0.384. The van der Waals surface area contributed by atoms with E-state index in [-0.39, 0.29) is 17.7 Å². The lowest BCUT2D eigenvalue weighted by Crippen LogP contribution is -2.45. The third kappa shape index (κ3) is 3.99. The molecular formula is C14H19N3O4.